The summed E-state index contributed by atoms with van der Waals surface area (Å²) < 4.78 is 0.794. The van der Waals surface area contributed by atoms with Crippen molar-refractivity contribution in [3.05, 3.63) is 28.2 Å². The summed E-state index contributed by atoms with van der Waals surface area (Å²) in [4.78, 5) is 14.9. The lowest BCUT2D eigenvalue weighted by Gasteiger charge is -2.32. The fourth-order valence-electron chi connectivity index (χ4n) is 3.38. The number of hydrogen-bond acceptors (Lipinski definition) is 3. The number of rotatable bonds is 2. The van der Waals surface area contributed by atoms with Gasteiger partial charge in [0.1, 0.15) is 0 Å². The van der Waals surface area contributed by atoms with Gasteiger partial charge in [-0.1, -0.05) is 6.42 Å². The number of piperidine rings is 1. The van der Waals surface area contributed by atoms with Crippen LogP contribution in [0.4, 0.5) is 5.69 Å². The van der Waals surface area contributed by atoms with E-state index >= 15 is 0 Å². The third-order valence-corrected chi connectivity index (χ3v) is 5.10. The smallest absolute Gasteiger partial charge is 0.252 e. The maximum Gasteiger partial charge on any atom is 0.252 e. The van der Waals surface area contributed by atoms with Gasteiger partial charge >= 0.3 is 0 Å². The predicted octanol–water partition coefficient (Wildman–Crippen LogP) is 2.39. The molecule has 1 aromatic carbocycles. The second-order valence-corrected chi connectivity index (χ2v) is 6.56. The van der Waals surface area contributed by atoms with Crippen LogP contribution in [0.2, 0.25) is 0 Å². The van der Waals surface area contributed by atoms with Crippen molar-refractivity contribution in [3.8, 4) is 0 Å². The highest BCUT2D eigenvalue weighted by Crippen LogP contribution is 2.28. The Hall–Kier alpha value is -1.07. The largest absolute Gasteiger partial charge is 0.399 e. The number of nitrogens with one attached hydrogen (secondary N) is 1. The molecule has 0 radical (unpaired) electrons. The van der Waals surface area contributed by atoms with E-state index in [9.17, 15) is 4.79 Å². The monoisotopic (exact) mass is 337 g/mol. The van der Waals surface area contributed by atoms with E-state index in [0.29, 0.717) is 17.3 Å². The van der Waals surface area contributed by atoms with Gasteiger partial charge in [0.05, 0.1) is 5.56 Å². The third kappa shape index (κ3) is 2.69. The highest BCUT2D eigenvalue weighted by molar-refractivity contribution is 9.10. The van der Waals surface area contributed by atoms with Gasteiger partial charge in [0.2, 0.25) is 0 Å². The van der Waals surface area contributed by atoms with Crippen molar-refractivity contribution in [1.82, 2.24) is 10.2 Å². The molecule has 2 heterocycles. The molecule has 0 aliphatic carbocycles. The standard InChI is InChI=1S/C15H20BrN3O/c16-12-5-4-10(17)9-11(12)15(20)18-13-6-8-19-7-2-1-3-14(13)19/h4-5,9,13-14H,1-3,6-8,17H2,(H,18,20). The molecule has 2 atom stereocenters. The normalized spacial score (nSPS) is 26.2. The average molecular weight is 338 g/mol. The first-order valence-electron chi connectivity index (χ1n) is 7.25. The number of nitrogens with zero attached hydrogens (tertiary/aromatic N) is 1. The summed E-state index contributed by atoms with van der Waals surface area (Å²) in [5, 5.41) is 3.20. The Balaban J connectivity index is 1.71. The number of nitrogen functional groups attached to an aromatic ring is 1. The first-order chi connectivity index (χ1) is 9.65. The Bertz CT molecular complexity index is 520. The molecule has 1 aromatic rings. The van der Waals surface area contributed by atoms with Crippen LogP contribution in [0.25, 0.3) is 0 Å². The van der Waals surface area contributed by atoms with Gasteiger partial charge in [0, 0.05) is 28.8 Å². The molecule has 2 fully saturated rings. The van der Waals surface area contributed by atoms with Crippen LogP contribution in [0.3, 0.4) is 0 Å². The summed E-state index contributed by atoms with van der Waals surface area (Å²) in [6.45, 7) is 2.28. The van der Waals surface area contributed by atoms with Crippen LogP contribution >= 0.6 is 15.9 Å². The Morgan fingerprint density at radius 2 is 2.15 bits per heavy atom. The number of benzene rings is 1. The second kappa shape index (κ2) is 5.74. The molecule has 20 heavy (non-hydrogen) atoms. The van der Waals surface area contributed by atoms with Gasteiger partial charge in [-0.2, -0.15) is 0 Å². The van der Waals surface area contributed by atoms with E-state index < -0.39 is 0 Å². The summed E-state index contributed by atoms with van der Waals surface area (Å²) in [7, 11) is 0. The second-order valence-electron chi connectivity index (χ2n) is 5.71. The van der Waals surface area contributed by atoms with Crippen LogP contribution in [-0.2, 0) is 0 Å². The Kier molecular flexibility index (Phi) is 3.98. The number of nitrogens with two attached hydrogens (primary N) is 1. The summed E-state index contributed by atoms with van der Waals surface area (Å²) >= 11 is 3.42. The van der Waals surface area contributed by atoms with Crippen molar-refractivity contribution >= 4 is 27.5 Å². The summed E-state index contributed by atoms with van der Waals surface area (Å²) in [5.41, 5.74) is 7.01. The van der Waals surface area contributed by atoms with E-state index in [2.05, 4.69) is 26.1 Å². The molecule has 3 N–H and O–H groups in total. The molecule has 3 rings (SSSR count). The molecule has 2 aliphatic rings. The number of amides is 1. The zero-order chi connectivity index (χ0) is 14.1. The number of carbonyl (C=O) groups is 1. The number of carbonyl (C=O) groups excluding carboxylic acids is 1. The van der Waals surface area contributed by atoms with E-state index in [0.717, 1.165) is 17.4 Å². The first kappa shape index (κ1) is 13.9. The highest BCUT2D eigenvalue weighted by atomic mass is 79.9. The molecule has 0 spiro atoms. The fourth-order valence-corrected chi connectivity index (χ4v) is 3.81. The summed E-state index contributed by atoms with van der Waals surface area (Å²) in [5.74, 6) is -0.0263. The quantitative estimate of drug-likeness (QED) is 0.814. The number of anilines is 1. The predicted molar refractivity (Wildman–Crippen MR) is 83.6 cm³/mol. The Labute approximate surface area is 127 Å². The van der Waals surface area contributed by atoms with Crippen LogP contribution in [0.1, 0.15) is 36.0 Å². The maximum absolute atomic E-state index is 12.4. The Morgan fingerprint density at radius 3 is 3.00 bits per heavy atom. The molecule has 0 saturated carbocycles. The van der Waals surface area contributed by atoms with E-state index in [1.807, 2.05) is 6.07 Å². The van der Waals surface area contributed by atoms with Gasteiger partial charge in [-0.15, -0.1) is 0 Å². The highest BCUT2D eigenvalue weighted by Gasteiger charge is 2.36. The van der Waals surface area contributed by atoms with Crippen molar-refractivity contribution in [2.45, 2.75) is 37.8 Å². The zero-order valence-corrected chi connectivity index (χ0v) is 13.0. The number of halogens is 1. The molecular weight excluding hydrogens is 318 g/mol. The fraction of sp³-hybridized carbons (Fsp3) is 0.533. The lowest BCUT2D eigenvalue weighted by Crippen LogP contribution is -2.46. The maximum atomic E-state index is 12.4. The first-order valence-corrected chi connectivity index (χ1v) is 8.04. The van der Waals surface area contributed by atoms with E-state index in [4.69, 9.17) is 5.73 Å². The zero-order valence-electron chi connectivity index (χ0n) is 11.4. The molecule has 2 saturated heterocycles. The van der Waals surface area contributed by atoms with Gasteiger partial charge in [-0.3, -0.25) is 9.69 Å². The van der Waals surface area contributed by atoms with Crippen molar-refractivity contribution in [2.24, 2.45) is 0 Å². The number of hydrogen-bond donors (Lipinski definition) is 2. The molecular formula is C15H20BrN3O. The average Bonchev–Trinajstić information content (AvgIpc) is 2.85. The molecule has 4 nitrogen and oxygen atoms in total. The third-order valence-electron chi connectivity index (χ3n) is 4.41. The Morgan fingerprint density at radius 1 is 1.30 bits per heavy atom. The molecule has 2 aliphatic heterocycles. The number of fused-ring (bicyclic) bond motifs is 1. The van der Waals surface area contributed by atoms with Crippen LogP contribution in [-0.4, -0.2) is 36.0 Å². The minimum absolute atomic E-state index is 0.0263. The molecule has 2 unspecified atom stereocenters. The lowest BCUT2D eigenvalue weighted by atomic mass is 9.99. The van der Waals surface area contributed by atoms with E-state index in [1.54, 1.807) is 12.1 Å². The molecule has 5 heteroatoms. The molecule has 0 bridgehead atoms. The topological polar surface area (TPSA) is 58.4 Å². The lowest BCUT2D eigenvalue weighted by molar-refractivity contribution is 0.0914. The molecule has 108 valence electrons. The van der Waals surface area contributed by atoms with Gasteiger partial charge in [0.25, 0.3) is 5.91 Å². The van der Waals surface area contributed by atoms with Crippen LogP contribution in [0, 0.1) is 0 Å². The molecule has 1 amide bonds. The van der Waals surface area contributed by atoms with E-state index in [-0.39, 0.29) is 11.9 Å². The van der Waals surface area contributed by atoms with Crippen molar-refractivity contribution in [2.75, 3.05) is 18.8 Å². The SMILES string of the molecule is Nc1ccc(Br)c(C(=O)NC2CCN3CCCCC23)c1. The van der Waals surface area contributed by atoms with Crippen LogP contribution < -0.4 is 11.1 Å². The van der Waals surface area contributed by atoms with Crippen molar-refractivity contribution in [1.29, 1.82) is 0 Å². The summed E-state index contributed by atoms with van der Waals surface area (Å²) in [6, 6.07) is 6.14. The van der Waals surface area contributed by atoms with E-state index in [1.165, 1.54) is 25.8 Å². The molecule has 0 aromatic heterocycles. The summed E-state index contributed by atoms with van der Waals surface area (Å²) in [6.07, 6.45) is 4.81. The van der Waals surface area contributed by atoms with Gasteiger partial charge < -0.3 is 11.1 Å². The van der Waals surface area contributed by atoms with Gasteiger partial charge in [-0.05, 0) is 59.9 Å². The minimum Gasteiger partial charge on any atom is -0.399 e. The van der Waals surface area contributed by atoms with Crippen LogP contribution in [0.5, 0.6) is 0 Å². The van der Waals surface area contributed by atoms with Gasteiger partial charge in [0.15, 0.2) is 0 Å². The minimum atomic E-state index is -0.0263. The van der Waals surface area contributed by atoms with Gasteiger partial charge in [-0.25, -0.2) is 0 Å². The van der Waals surface area contributed by atoms with Crippen molar-refractivity contribution in [3.63, 3.8) is 0 Å². The van der Waals surface area contributed by atoms with Crippen molar-refractivity contribution < 1.29 is 4.79 Å². The van der Waals surface area contributed by atoms with Crippen LogP contribution in [0.15, 0.2) is 22.7 Å².